The van der Waals surface area contributed by atoms with Crippen molar-refractivity contribution in [3.8, 4) is 0 Å². The summed E-state index contributed by atoms with van der Waals surface area (Å²) in [7, 11) is 1.80. The fourth-order valence-electron chi connectivity index (χ4n) is 1.72. The summed E-state index contributed by atoms with van der Waals surface area (Å²) in [6.07, 6.45) is 0.817. The zero-order valence-electron chi connectivity index (χ0n) is 9.15. The third-order valence-electron chi connectivity index (χ3n) is 2.57. The van der Waals surface area contributed by atoms with E-state index in [1.165, 1.54) is 0 Å². The Bertz CT molecular complexity index is 294. The number of hydrogen-bond donors (Lipinski definition) is 0. The number of ether oxygens (including phenoxy) is 1. The smallest absolute Gasteiger partial charge is 0.232 e. The lowest BCUT2D eigenvalue weighted by Crippen LogP contribution is -2.47. The molecule has 6 heteroatoms. The first kappa shape index (κ1) is 13.2. The molecular formula is C9H18ClNO3S. The van der Waals surface area contributed by atoms with E-state index in [0.717, 1.165) is 19.7 Å². The summed E-state index contributed by atoms with van der Waals surface area (Å²) in [5.74, 6) is 0.0486. The zero-order valence-corrected chi connectivity index (χ0v) is 10.7. The van der Waals surface area contributed by atoms with E-state index < -0.39 is 9.05 Å². The highest BCUT2D eigenvalue weighted by Crippen LogP contribution is 2.12. The minimum absolute atomic E-state index is 0.0486. The van der Waals surface area contributed by atoms with Crippen LogP contribution in [-0.4, -0.2) is 50.9 Å². The van der Waals surface area contributed by atoms with Gasteiger partial charge < -0.3 is 4.74 Å². The molecule has 0 aromatic rings. The van der Waals surface area contributed by atoms with Gasteiger partial charge in [0, 0.05) is 23.3 Å². The molecule has 1 fully saturated rings. The number of rotatable bonds is 4. The molecule has 0 saturated carbocycles. The van der Waals surface area contributed by atoms with Gasteiger partial charge in [-0.3, -0.25) is 4.90 Å². The second-order valence-electron chi connectivity index (χ2n) is 4.08. The summed E-state index contributed by atoms with van der Waals surface area (Å²) in [4.78, 5) is 2.25. The van der Waals surface area contributed by atoms with Gasteiger partial charge in [0.05, 0.1) is 18.5 Å². The first-order valence-corrected chi connectivity index (χ1v) is 7.64. The van der Waals surface area contributed by atoms with E-state index >= 15 is 0 Å². The lowest BCUT2D eigenvalue weighted by molar-refractivity contribution is -0.0490. The SMILES string of the molecule is CC1CN(CCCS(=O)(=O)Cl)C(C)CO1. The molecule has 1 rings (SSSR count). The van der Waals surface area contributed by atoms with Crippen molar-refractivity contribution in [2.75, 3.05) is 25.4 Å². The first-order valence-electron chi connectivity index (χ1n) is 5.16. The summed E-state index contributed by atoms with van der Waals surface area (Å²) in [6, 6.07) is 0.360. The molecule has 90 valence electrons. The molecule has 1 aliphatic rings. The van der Waals surface area contributed by atoms with Gasteiger partial charge in [-0.1, -0.05) is 0 Å². The van der Waals surface area contributed by atoms with Crippen LogP contribution in [0.15, 0.2) is 0 Å². The second-order valence-corrected chi connectivity index (χ2v) is 6.98. The van der Waals surface area contributed by atoms with E-state index in [-0.39, 0.29) is 11.9 Å². The van der Waals surface area contributed by atoms with Gasteiger partial charge in [0.25, 0.3) is 0 Å². The van der Waals surface area contributed by atoms with Gasteiger partial charge in [0.2, 0.25) is 9.05 Å². The van der Waals surface area contributed by atoms with Crippen LogP contribution in [0, 0.1) is 0 Å². The van der Waals surface area contributed by atoms with Crippen molar-refractivity contribution in [3.63, 3.8) is 0 Å². The molecule has 0 radical (unpaired) electrons. The van der Waals surface area contributed by atoms with Gasteiger partial charge in [-0.15, -0.1) is 0 Å². The van der Waals surface area contributed by atoms with Gasteiger partial charge >= 0.3 is 0 Å². The standard InChI is InChI=1S/C9H18ClNO3S/c1-8-7-14-9(2)6-11(8)4-3-5-15(10,12)13/h8-9H,3-7H2,1-2H3. The highest BCUT2D eigenvalue weighted by atomic mass is 35.7. The number of halogens is 1. The molecule has 4 nitrogen and oxygen atoms in total. The molecule has 1 saturated heterocycles. The van der Waals surface area contributed by atoms with Gasteiger partial charge in [0.15, 0.2) is 0 Å². The maximum atomic E-state index is 10.7. The van der Waals surface area contributed by atoms with Crippen molar-refractivity contribution in [2.24, 2.45) is 0 Å². The van der Waals surface area contributed by atoms with Gasteiger partial charge in [-0.05, 0) is 26.8 Å². The van der Waals surface area contributed by atoms with Crippen molar-refractivity contribution in [1.29, 1.82) is 0 Å². The highest BCUT2D eigenvalue weighted by molar-refractivity contribution is 8.13. The van der Waals surface area contributed by atoms with Crippen molar-refractivity contribution < 1.29 is 13.2 Å². The normalized spacial score (nSPS) is 29.3. The maximum Gasteiger partial charge on any atom is 0.232 e. The van der Waals surface area contributed by atoms with E-state index in [0.29, 0.717) is 12.5 Å². The van der Waals surface area contributed by atoms with E-state index in [1.807, 2.05) is 6.92 Å². The van der Waals surface area contributed by atoms with Crippen LogP contribution < -0.4 is 0 Å². The molecule has 2 unspecified atom stereocenters. The fourth-order valence-corrected chi connectivity index (χ4v) is 2.52. The van der Waals surface area contributed by atoms with E-state index in [4.69, 9.17) is 15.4 Å². The summed E-state index contributed by atoms with van der Waals surface area (Å²) < 4.78 is 27.0. The van der Waals surface area contributed by atoms with Gasteiger partial charge in [-0.25, -0.2) is 8.42 Å². The van der Waals surface area contributed by atoms with Crippen LogP contribution in [0.1, 0.15) is 20.3 Å². The number of morpholine rings is 1. The van der Waals surface area contributed by atoms with Crippen LogP contribution in [0.2, 0.25) is 0 Å². The molecule has 0 spiro atoms. The Morgan fingerprint density at radius 3 is 2.73 bits per heavy atom. The minimum Gasteiger partial charge on any atom is -0.376 e. The van der Waals surface area contributed by atoms with E-state index in [2.05, 4.69) is 11.8 Å². The molecule has 2 atom stereocenters. The monoisotopic (exact) mass is 255 g/mol. The Hall–Kier alpha value is 0.160. The quantitative estimate of drug-likeness (QED) is 0.705. The molecule has 0 aliphatic carbocycles. The third-order valence-corrected chi connectivity index (χ3v) is 3.81. The molecule has 0 aromatic heterocycles. The average molecular weight is 256 g/mol. The maximum absolute atomic E-state index is 10.7. The fraction of sp³-hybridized carbons (Fsp3) is 1.00. The van der Waals surface area contributed by atoms with Crippen LogP contribution in [0.25, 0.3) is 0 Å². The van der Waals surface area contributed by atoms with Crippen LogP contribution in [0.5, 0.6) is 0 Å². The Labute approximate surface area is 96.0 Å². The largest absolute Gasteiger partial charge is 0.376 e. The van der Waals surface area contributed by atoms with Crippen LogP contribution in [0.4, 0.5) is 0 Å². The summed E-state index contributed by atoms with van der Waals surface area (Å²) in [5, 5.41) is 0. The Kier molecular flexibility index (Phi) is 4.83. The molecule has 0 N–H and O–H groups in total. The predicted molar refractivity (Wildman–Crippen MR) is 60.7 cm³/mol. The van der Waals surface area contributed by atoms with Crippen LogP contribution in [0.3, 0.4) is 0 Å². The minimum atomic E-state index is -3.34. The van der Waals surface area contributed by atoms with E-state index in [9.17, 15) is 8.42 Å². The Morgan fingerprint density at radius 2 is 2.13 bits per heavy atom. The number of nitrogens with zero attached hydrogens (tertiary/aromatic N) is 1. The second kappa shape index (κ2) is 5.48. The zero-order chi connectivity index (χ0) is 11.5. The molecule has 0 aromatic carbocycles. The Balaban J connectivity index is 2.30. The first-order chi connectivity index (χ1) is 6.88. The topological polar surface area (TPSA) is 46.6 Å². The van der Waals surface area contributed by atoms with Crippen molar-refractivity contribution >= 4 is 19.7 Å². The van der Waals surface area contributed by atoms with Gasteiger partial charge in [-0.2, -0.15) is 0 Å². The molecule has 15 heavy (non-hydrogen) atoms. The van der Waals surface area contributed by atoms with Gasteiger partial charge in [0.1, 0.15) is 0 Å². The average Bonchev–Trinajstić information content (AvgIpc) is 2.09. The van der Waals surface area contributed by atoms with Crippen LogP contribution in [-0.2, 0) is 13.8 Å². The predicted octanol–water partition coefficient (Wildman–Crippen LogP) is 1.05. The van der Waals surface area contributed by atoms with E-state index in [1.54, 1.807) is 0 Å². The molecular weight excluding hydrogens is 238 g/mol. The molecule has 1 heterocycles. The lowest BCUT2D eigenvalue weighted by atomic mass is 10.2. The molecule has 0 bridgehead atoms. The molecule has 0 amide bonds. The highest BCUT2D eigenvalue weighted by Gasteiger charge is 2.23. The third kappa shape index (κ3) is 5.15. The van der Waals surface area contributed by atoms with Crippen molar-refractivity contribution in [3.05, 3.63) is 0 Å². The summed E-state index contributed by atoms with van der Waals surface area (Å²) in [5.41, 5.74) is 0. The number of hydrogen-bond acceptors (Lipinski definition) is 4. The van der Waals surface area contributed by atoms with Crippen molar-refractivity contribution in [1.82, 2.24) is 4.90 Å². The summed E-state index contributed by atoms with van der Waals surface area (Å²) >= 11 is 0. The summed E-state index contributed by atoms with van der Waals surface area (Å²) in [6.45, 7) is 6.46. The molecule has 1 aliphatic heterocycles. The lowest BCUT2D eigenvalue weighted by Gasteiger charge is -2.36. The van der Waals surface area contributed by atoms with Crippen LogP contribution >= 0.6 is 10.7 Å². The Morgan fingerprint density at radius 1 is 1.47 bits per heavy atom. The van der Waals surface area contributed by atoms with Crippen molar-refractivity contribution in [2.45, 2.75) is 32.4 Å².